The summed E-state index contributed by atoms with van der Waals surface area (Å²) in [6.07, 6.45) is 0. The maximum atomic E-state index is 14.0. The number of benzene rings is 3. The van der Waals surface area contributed by atoms with Crippen LogP contribution in [0.2, 0.25) is 0 Å². The third-order valence-electron chi connectivity index (χ3n) is 5.44. The average molecular weight is 439 g/mol. The summed E-state index contributed by atoms with van der Waals surface area (Å²) in [6, 6.07) is 22.1. The van der Waals surface area contributed by atoms with Crippen LogP contribution in [0.15, 0.2) is 72.8 Å². The van der Waals surface area contributed by atoms with Gasteiger partial charge >= 0.3 is 13.5 Å². The van der Waals surface area contributed by atoms with Gasteiger partial charge < -0.3 is 9.26 Å². The lowest BCUT2D eigenvalue weighted by Gasteiger charge is -2.30. The molecule has 0 aliphatic heterocycles. The molecule has 0 aliphatic rings. The molecule has 0 aliphatic carbocycles. The Labute approximate surface area is 184 Å². The van der Waals surface area contributed by atoms with E-state index in [1.807, 2.05) is 93.6 Å². The molecule has 0 radical (unpaired) electrons. The van der Waals surface area contributed by atoms with Crippen molar-refractivity contribution in [2.24, 2.45) is 5.92 Å². The first-order chi connectivity index (χ1) is 14.8. The molecule has 2 unspecified atom stereocenters. The molecule has 0 aromatic heterocycles. The highest BCUT2D eigenvalue weighted by molar-refractivity contribution is 7.58. The Morgan fingerprint density at radius 3 is 2.26 bits per heavy atom. The third-order valence-corrected chi connectivity index (χ3v) is 8.32. The summed E-state index contributed by atoms with van der Waals surface area (Å²) in [5.74, 6) is 0.147. The lowest BCUT2D eigenvalue weighted by Crippen LogP contribution is -2.38. The van der Waals surface area contributed by atoms with Crippen LogP contribution in [-0.2, 0) is 20.7 Å². The van der Waals surface area contributed by atoms with Gasteiger partial charge in [0.15, 0.2) is 0 Å². The van der Waals surface area contributed by atoms with Crippen LogP contribution in [0.3, 0.4) is 0 Å². The van der Waals surface area contributed by atoms with Crippen molar-refractivity contribution in [2.75, 3.05) is 0 Å². The van der Waals surface area contributed by atoms with Gasteiger partial charge in [-0.25, -0.2) is 5.09 Å². The van der Waals surface area contributed by atoms with E-state index >= 15 is 0 Å². The van der Waals surface area contributed by atoms with Gasteiger partial charge in [0.25, 0.3) is 0 Å². The van der Waals surface area contributed by atoms with Gasteiger partial charge in [-0.3, -0.25) is 9.36 Å². The first-order valence-corrected chi connectivity index (χ1v) is 12.2. The van der Waals surface area contributed by atoms with Gasteiger partial charge in [-0.1, -0.05) is 87.5 Å². The minimum atomic E-state index is -3.45. The zero-order valence-electron chi connectivity index (χ0n) is 18.4. The zero-order valence-corrected chi connectivity index (χ0v) is 19.3. The van der Waals surface area contributed by atoms with Crippen LogP contribution in [-0.4, -0.2) is 17.7 Å². The predicted octanol–water partition coefficient (Wildman–Crippen LogP) is 6.18. The number of fused-ring (bicyclic) bond motifs is 1. The Kier molecular flexibility index (Phi) is 7.53. The molecule has 3 aromatic rings. The maximum Gasteiger partial charge on any atom is 0.323 e. The summed E-state index contributed by atoms with van der Waals surface area (Å²) in [4.78, 5) is 12.6. The molecule has 0 bridgehead atoms. The second-order valence-corrected chi connectivity index (χ2v) is 10.5. The smallest absolute Gasteiger partial charge is 0.323 e. The first-order valence-electron chi connectivity index (χ1n) is 10.6. The number of carbonyl (C=O) groups is 1. The topological polar surface area (TPSA) is 64.6 Å². The van der Waals surface area contributed by atoms with Crippen molar-refractivity contribution in [1.82, 2.24) is 5.09 Å². The summed E-state index contributed by atoms with van der Waals surface area (Å²) in [7, 11) is -3.45. The molecular weight excluding hydrogens is 409 g/mol. The minimum Gasteiger partial charge on any atom is -0.460 e. The molecule has 0 spiro atoms. The Balaban J connectivity index is 1.79. The number of ether oxygens (including phenoxy) is 1. The van der Waals surface area contributed by atoms with Gasteiger partial charge in [0.1, 0.15) is 18.4 Å². The molecule has 6 heteroatoms. The molecule has 31 heavy (non-hydrogen) atoms. The summed E-state index contributed by atoms with van der Waals surface area (Å²) >= 11 is 0. The van der Waals surface area contributed by atoms with Crippen LogP contribution < -0.4 is 9.61 Å². The fraction of sp³-hybridized carbons (Fsp3) is 0.320. The summed E-state index contributed by atoms with van der Waals surface area (Å²) < 4.78 is 25.6. The minimum absolute atomic E-state index is 0.0841. The first kappa shape index (κ1) is 23.1. The summed E-state index contributed by atoms with van der Waals surface area (Å²) in [5.41, 5.74) is 0.588. The molecule has 3 aromatic carbocycles. The van der Waals surface area contributed by atoms with E-state index in [0.29, 0.717) is 5.75 Å². The van der Waals surface area contributed by atoms with Crippen molar-refractivity contribution in [3.8, 4) is 5.75 Å². The molecular formula is C25H30NO4P. The van der Waals surface area contributed by atoms with Gasteiger partial charge in [-0.05, 0) is 29.9 Å². The van der Waals surface area contributed by atoms with Gasteiger partial charge in [-0.15, -0.1) is 0 Å². The predicted molar refractivity (Wildman–Crippen MR) is 125 cm³/mol. The molecule has 0 heterocycles. The van der Waals surface area contributed by atoms with E-state index < -0.39 is 19.5 Å². The molecule has 3 rings (SSSR count). The Morgan fingerprint density at radius 2 is 1.55 bits per heavy atom. The second-order valence-electron chi connectivity index (χ2n) is 8.09. The molecule has 164 valence electrons. The number of hydrogen-bond donors (Lipinski definition) is 1. The maximum absolute atomic E-state index is 14.0. The second kappa shape index (κ2) is 10.1. The van der Waals surface area contributed by atoms with Crippen LogP contribution in [0, 0.1) is 5.92 Å². The van der Waals surface area contributed by atoms with Gasteiger partial charge in [0.05, 0.1) is 5.66 Å². The van der Waals surface area contributed by atoms with Gasteiger partial charge in [-0.2, -0.15) is 0 Å². The average Bonchev–Trinajstić information content (AvgIpc) is 2.77. The number of hydrogen-bond acceptors (Lipinski definition) is 4. The van der Waals surface area contributed by atoms with Crippen molar-refractivity contribution >= 4 is 24.3 Å². The highest BCUT2D eigenvalue weighted by atomic mass is 31.2. The van der Waals surface area contributed by atoms with E-state index in [1.54, 1.807) is 6.92 Å². The lowest BCUT2D eigenvalue weighted by atomic mass is 10.1. The van der Waals surface area contributed by atoms with E-state index in [9.17, 15) is 9.36 Å². The molecule has 0 amide bonds. The fourth-order valence-electron chi connectivity index (χ4n) is 3.22. The van der Waals surface area contributed by atoms with Crippen LogP contribution in [0.4, 0.5) is 0 Å². The number of nitrogens with one attached hydrogen (secondary N) is 1. The van der Waals surface area contributed by atoms with E-state index in [2.05, 4.69) is 5.09 Å². The van der Waals surface area contributed by atoms with Crippen LogP contribution in [0.25, 0.3) is 10.8 Å². The Bertz CT molecular complexity index is 1060. The summed E-state index contributed by atoms with van der Waals surface area (Å²) in [5, 5.41) is 4.86. The van der Waals surface area contributed by atoms with Crippen LogP contribution >= 0.6 is 7.52 Å². The normalized spacial score (nSPS) is 15.3. The van der Waals surface area contributed by atoms with E-state index in [4.69, 9.17) is 9.26 Å². The standard InChI is InChI=1S/C25H30NO4P/c1-18(2)20(4)31(28,30-24-16-10-14-22-13-8-9-15-23(22)24)26-19(3)25(27)29-17-21-11-6-5-7-12-21/h5-16,18-20H,17H2,1-4H3,(H,26,28)/t19-,20?,31?/m0/s1. The highest BCUT2D eigenvalue weighted by Gasteiger charge is 2.38. The monoisotopic (exact) mass is 439 g/mol. The molecule has 0 saturated carbocycles. The lowest BCUT2D eigenvalue weighted by molar-refractivity contribution is -0.146. The third kappa shape index (κ3) is 5.75. The van der Waals surface area contributed by atoms with E-state index in [-0.39, 0.29) is 18.2 Å². The molecule has 5 nitrogen and oxygen atoms in total. The van der Waals surface area contributed by atoms with Crippen LogP contribution in [0.5, 0.6) is 5.75 Å². The molecule has 1 N–H and O–H groups in total. The van der Waals surface area contributed by atoms with Crippen molar-refractivity contribution in [2.45, 2.75) is 46.0 Å². The summed E-state index contributed by atoms with van der Waals surface area (Å²) in [6.45, 7) is 7.68. The van der Waals surface area contributed by atoms with Crippen molar-refractivity contribution in [1.29, 1.82) is 0 Å². The van der Waals surface area contributed by atoms with Gasteiger partial charge in [0.2, 0.25) is 0 Å². The molecule has 0 saturated heterocycles. The molecule has 0 fully saturated rings. The Morgan fingerprint density at radius 1 is 0.903 bits per heavy atom. The van der Waals surface area contributed by atoms with Gasteiger partial charge in [0, 0.05) is 5.39 Å². The van der Waals surface area contributed by atoms with Crippen molar-refractivity contribution in [3.05, 3.63) is 78.4 Å². The van der Waals surface area contributed by atoms with E-state index in [1.165, 1.54) is 0 Å². The van der Waals surface area contributed by atoms with Crippen molar-refractivity contribution in [3.63, 3.8) is 0 Å². The largest absolute Gasteiger partial charge is 0.460 e. The molecule has 3 atom stereocenters. The quantitative estimate of drug-likeness (QED) is 0.319. The number of carbonyl (C=O) groups excluding carboxylic acids is 1. The fourth-order valence-corrected chi connectivity index (χ4v) is 5.55. The number of esters is 1. The van der Waals surface area contributed by atoms with Crippen LogP contribution in [0.1, 0.15) is 33.3 Å². The SMILES string of the molecule is CC(C)C(C)P(=O)(N[C@@H](C)C(=O)OCc1ccccc1)Oc1cccc2ccccc12. The highest BCUT2D eigenvalue weighted by Crippen LogP contribution is 2.52. The Hall–Kier alpha value is -2.62. The van der Waals surface area contributed by atoms with E-state index in [0.717, 1.165) is 16.3 Å². The zero-order chi connectivity index (χ0) is 22.4. The number of rotatable bonds is 9. The van der Waals surface area contributed by atoms with Crippen molar-refractivity contribution < 1.29 is 18.6 Å².